The average molecular weight is 351 g/mol. The summed E-state index contributed by atoms with van der Waals surface area (Å²) >= 11 is 14.7. The largest absolute Gasteiger partial charge is 0.340 e. The molecule has 3 nitrogen and oxygen atoms in total. The van der Waals surface area contributed by atoms with Crippen molar-refractivity contribution >= 4 is 50.6 Å². The molecule has 0 unspecified atom stereocenters. The maximum atomic E-state index is 13.3. The van der Waals surface area contributed by atoms with E-state index in [1.165, 1.54) is 12.1 Å². The van der Waals surface area contributed by atoms with Gasteiger partial charge in [-0.3, -0.25) is 0 Å². The van der Waals surface area contributed by atoms with Crippen molar-refractivity contribution in [1.29, 1.82) is 0 Å². The number of halogens is 4. The normalized spacial score (nSPS) is 10.5. The smallest absolute Gasteiger partial charge is 0.160 e. The highest BCUT2D eigenvalue weighted by Crippen LogP contribution is 2.29. The van der Waals surface area contributed by atoms with Crippen LogP contribution in [0.15, 0.2) is 22.8 Å². The first-order valence-electron chi connectivity index (χ1n) is 4.88. The van der Waals surface area contributed by atoms with Gasteiger partial charge in [-0.25, -0.2) is 14.4 Å². The predicted octanol–water partition coefficient (Wildman–Crippen LogP) is 4.74. The van der Waals surface area contributed by atoms with E-state index in [2.05, 4.69) is 31.2 Å². The Balaban J connectivity index is 2.34. The fourth-order valence-electron chi connectivity index (χ4n) is 1.37. The van der Waals surface area contributed by atoms with Crippen molar-refractivity contribution in [2.45, 2.75) is 6.92 Å². The summed E-state index contributed by atoms with van der Waals surface area (Å²) in [5, 5.41) is 2.88. The lowest BCUT2D eigenvalue weighted by atomic mass is 10.3. The van der Waals surface area contributed by atoms with Gasteiger partial charge in [0.15, 0.2) is 5.82 Å². The molecule has 0 radical (unpaired) electrons. The molecule has 0 fully saturated rings. The number of aromatic nitrogens is 2. The minimum atomic E-state index is -0.635. The van der Waals surface area contributed by atoms with Gasteiger partial charge in [-0.15, -0.1) is 0 Å². The maximum Gasteiger partial charge on any atom is 0.160 e. The Bertz CT molecular complexity index is 564. The Hall–Kier alpha value is -0.910. The van der Waals surface area contributed by atoms with Gasteiger partial charge in [0, 0.05) is 11.8 Å². The van der Waals surface area contributed by atoms with E-state index < -0.39 is 5.82 Å². The Labute approximate surface area is 121 Å². The van der Waals surface area contributed by atoms with E-state index >= 15 is 0 Å². The molecular formula is C11H7BrCl2FN3. The van der Waals surface area contributed by atoms with Crippen molar-refractivity contribution in [2.75, 3.05) is 5.32 Å². The van der Waals surface area contributed by atoms with Crippen LogP contribution in [0.25, 0.3) is 0 Å². The molecule has 1 N–H and O–H groups in total. The molecule has 0 saturated carbocycles. The van der Waals surface area contributed by atoms with Crippen molar-refractivity contribution < 1.29 is 4.39 Å². The molecule has 0 amide bonds. The highest BCUT2D eigenvalue weighted by molar-refractivity contribution is 9.10. The summed E-state index contributed by atoms with van der Waals surface area (Å²) in [6.45, 7) is 1.76. The second kappa shape index (κ2) is 5.38. The fourth-order valence-corrected chi connectivity index (χ4v) is 2.33. The van der Waals surface area contributed by atoms with Gasteiger partial charge in [-0.05, 0) is 35.0 Å². The molecule has 2 aromatic rings. The molecule has 18 heavy (non-hydrogen) atoms. The highest BCUT2D eigenvalue weighted by Gasteiger charge is 2.08. The Morgan fingerprint density at radius 2 is 1.78 bits per heavy atom. The highest BCUT2D eigenvalue weighted by atomic mass is 79.9. The minimum Gasteiger partial charge on any atom is -0.340 e. The summed E-state index contributed by atoms with van der Waals surface area (Å²) in [4.78, 5) is 8.26. The van der Waals surface area contributed by atoms with Crippen LogP contribution in [0.5, 0.6) is 0 Å². The number of anilines is 2. The van der Waals surface area contributed by atoms with E-state index in [1.54, 1.807) is 13.0 Å². The third-order valence-electron chi connectivity index (χ3n) is 2.06. The summed E-state index contributed by atoms with van der Waals surface area (Å²) in [6, 6.07) is 4.57. The standard InChI is InChI=1S/C11H7BrCl2FN3/c1-5-16-9(12)4-10(17-5)18-6-2-7(13)11(15)8(14)3-6/h2-4H,1H3,(H,16,17,18). The molecule has 0 bridgehead atoms. The van der Waals surface area contributed by atoms with Gasteiger partial charge in [-0.2, -0.15) is 0 Å². The molecular weight excluding hydrogens is 344 g/mol. The van der Waals surface area contributed by atoms with Crippen LogP contribution in [0.4, 0.5) is 15.9 Å². The van der Waals surface area contributed by atoms with Crippen LogP contribution in [0.1, 0.15) is 5.82 Å². The first-order chi connectivity index (χ1) is 8.45. The molecule has 0 aliphatic heterocycles. The Kier molecular flexibility index (Phi) is 4.04. The summed E-state index contributed by atoms with van der Waals surface area (Å²) in [5.41, 5.74) is 0.552. The number of hydrogen-bond acceptors (Lipinski definition) is 3. The van der Waals surface area contributed by atoms with Crippen LogP contribution in [-0.4, -0.2) is 9.97 Å². The van der Waals surface area contributed by atoms with Crippen LogP contribution < -0.4 is 5.32 Å². The molecule has 1 heterocycles. The molecule has 1 aromatic heterocycles. The molecule has 7 heteroatoms. The quantitative estimate of drug-likeness (QED) is 0.628. The van der Waals surface area contributed by atoms with Gasteiger partial charge in [0.25, 0.3) is 0 Å². The number of aryl methyl sites for hydroxylation is 1. The molecule has 0 saturated heterocycles. The van der Waals surface area contributed by atoms with E-state index in [-0.39, 0.29) is 10.0 Å². The van der Waals surface area contributed by atoms with Crippen molar-refractivity contribution in [3.05, 3.63) is 44.5 Å². The van der Waals surface area contributed by atoms with Gasteiger partial charge in [0.1, 0.15) is 16.2 Å². The maximum absolute atomic E-state index is 13.3. The lowest BCUT2D eigenvalue weighted by Crippen LogP contribution is -1.98. The van der Waals surface area contributed by atoms with Crippen LogP contribution in [0.2, 0.25) is 10.0 Å². The zero-order chi connectivity index (χ0) is 13.3. The van der Waals surface area contributed by atoms with Gasteiger partial charge < -0.3 is 5.32 Å². The Morgan fingerprint density at radius 1 is 1.17 bits per heavy atom. The third kappa shape index (κ3) is 3.10. The number of nitrogens with zero attached hydrogens (tertiary/aromatic N) is 2. The molecule has 0 aliphatic carbocycles. The van der Waals surface area contributed by atoms with Gasteiger partial charge in [-0.1, -0.05) is 23.2 Å². The summed E-state index contributed by atoms with van der Waals surface area (Å²) < 4.78 is 13.9. The zero-order valence-electron chi connectivity index (χ0n) is 9.14. The minimum absolute atomic E-state index is 0.0464. The van der Waals surface area contributed by atoms with Gasteiger partial charge in [0.2, 0.25) is 0 Å². The lowest BCUT2D eigenvalue weighted by molar-refractivity contribution is 0.629. The summed E-state index contributed by atoms with van der Waals surface area (Å²) in [7, 11) is 0. The summed E-state index contributed by atoms with van der Waals surface area (Å²) in [5.74, 6) is 0.531. The van der Waals surface area contributed by atoms with Crippen LogP contribution in [0.3, 0.4) is 0 Å². The summed E-state index contributed by atoms with van der Waals surface area (Å²) in [6.07, 6.45) is 0. The van der Waals surface area contributed by atoms with Crippen molar-refractivity contribution in [3.8, 4) is 0 Å². The van der Waals surface area contributed by atoms with Crippen molar-refractivity contribution in [3.63, 3.8) is 0 Å². The lowest BCUT2D eigenvalue weighted by Gasteiger charge is -2.08. The second-order valence-electron chi connectivity index (χ2n) is 3.50. The first-order valence-corrected chi connectivity index (χ1v) is 6.43. The zero-order valence-corrected chi connectivity index (χ0v) is 12.2. The van der Waals surface area contributed by atoms with Crippen LogP contribution >= 0.6 is 39.1 Å². The van der Waals surface area contributed by atoms with E-state index in [9.17, 15) is 4.39 Å². The monoisotopic (exact) mass is 349 g/mol. The number of hydrogen-bond donors (Lipinski definition) is 1. The van der Waals surface area contributed by atoms with Crippen LogP contribution in [-0.2, 0) is 0 Å². The fraction of sp³-hybridized carbons (Fsp3) is 0.0909. The predicted molar refractivity (Wildman–Crippen MR) is 74.2 cm³/mol. The van der Waals surface area contributed by atoms with Crippen LogP contribution in [0, 0.1) is 12.7 Å². The molecule has 0 aliphatic rings. The van der Waals surface area contributed by atoms with E-state index in [4.69, 9.17) is 23.2 Å². The molecule has 1 aromatic carbocycles. The van der Waals surface area contributed by atoms with Crippen molar-refractivity contribution in [2.24, 2.45) is 0 Å². The molecule has 94 valence electrons. The SMILES string of the molecule is Cc1nc(Br)cc(Nc2cc(Cl)c(F)c(Cl)c2)n1. The number of nitrogens with one attached hydrogen (secondary N) is 1. The molecule has 2 rings (SSSR count). The van der Waals surface area contributed by atoms with E-state index in [0.717, 1.165) is 0 Å². The first kappa shape index (κ1) is 13.5. The number of benzene rings is 1. The average Bonchev–Trinajstić information content (AvgIpc) is 2.24. The molecule has 0 atom stereocenters. The number of rotatable bonds is 2. The molecule has 0 spiro atoms. The second-order valence-corrected chi connectivity index (χ2v) is 5.13. The van der Waals surface area contributed by atoms with E-state index in [1.807, 2.05) is 0 Å². The third-order valence-corrected chi connectivity index (χ3v) is 3.02. The van der Waals surface area contributed by atoms with Gasteiger partial charge >= 0.3 is 0 Å². The topological polar surface area (TPSA) is 37.8 Å². The van der Waals surface area contributed by atoms with E-state index in [0.29, 0.717) is 21.9 Å². The Morgan fingerprint density at radius 3 is 2.33 bits per heavy atom. The van der Waals surface area contributed by atoms with Crippen molar-refractivity contribution in [1.82, 2.24) is 9.97 Å². The van der Waals surface area contributed by atoms with Gasteiger partial charge in [0.05, 0.1) is 10.0 Å².